The normalized spacial score (nSPS) is 11.1. The maximum absolute atomic E-state index is 5.78. The molecule has 0 saturated heterocycles. The summed E-state index contributed by atoms with van der Waals surface area (Å²) in [5.74, 6) is 0.804. The van der Waals surface area contributed by atoms with E-state index in [1.165, 1.54) is 0 Å². The summed E-state index contributed by atoms with van der Waals surface area (Å²) in [6, 6.07) is 15.8. The van der Waals surface area contributed by atoms with Gasteiger partial charge in [0.2, 0.25) is 0 Å². The van der Waals surface area contributed by atoms with E-state index < -0.39 is 0 Å². The number of nitrogen functional groups attached to an aromatic ring is 1. The van der Waals surface area contributed by atoms with Crippen LogP contribution >= 0.6 is 0 Å². The van der Waals surface area contributed by atoms with Crippen LogP contribution in [0, 0.1) is 0 Å². The van der Waals surface area contributed by atoms with Gasteiger partial charge in [-0.25, -0.2) is 4.98 Å². The van der Waals surface area contributed by atoms with Crippen LogP contribution in [0.4, 0.5) is 5.69 Å². The standard InChI is InChI=1S/C18H15N3O/c1-22-13-6-7-14-15-8-9-20-18(15)17(21-16(14)10-13)11-2-4-12(19)5-3-11/h2-10,20H,19H2,1H3. The van der Waals surface area contributed by atoms with Crippen molar-refractivity contribution in [1.82, 2.24) is 9.97 Å². The number of fused-ring (bicyclic) bond motifs is 3. The minimum absolute atomic E-state index is 0.744. The topological polar surface area (TPSA) is 63.9 Å². The van der Waals surface area contributed by atoms with Crippen molar-refractivity contribution in [2.45, 2.75) is 0 Å². The number of aromatic amines is 1. The van der Waals surface area contributed by atoms with Crippen LogP contribution in [0.3, 0.4) is 0 Å². The molecule has 0 unspecified atom stereocenters. The third-order valence-electron chi connectivity index (χ3n) is 3.90. The van der Waals surface area contributed by atoms with Gasteiger partial charge in [0.05, 0.1) is 23.8 Å². The van der Waals surface area contributed by atoms with E-state index in [9.17, 15) is 0 Å². The van der Waals surface area contributed by atoms with Crippen LogP contribution in [-0.4, -0.2) is 17.1 Å². The summed E-state index contributed by atoms with van der Waals surface area (Å²) in [5, 5.41) is 2.26. The Balaban J connectivity index is 2.07. The Morgan fingerprint density at radius 2 is 1.82 bits per heavy atom. The maximum atomic E-state index is 5.78. The zero-order valence-electron chi connectivity index (χ0n) is 12.1. The molecule has 4 nitrogen and oxygen atoms in total. The van der Waals surface area contributed by atoms with Gasteiger partial charge in [-0.1, -0.05) is 12.1 Å². The number of anilines is 1. The van der Waals surface area contributed by atoms with Gasteiger partial charge in [-0.15, -0.1) is 0 Å². The Kier molecular flexibility index (Phi) is 2.76. The first kappa shape index (κ1) is 12.7. The molecule has 0 amide bonds. The van der Waals surface area contributed by atoms with Crippen molar-refractivity contribution in [1.29, 1.82) is 0 Å². The number of nitrogens with zero attached hydrogens (tertiary/aromatic N) is 1. The van der Waals surface area contributed by atoms with E-state index >= 15 is 0 Å². The minimum atomic E-state index is 0.744. The van der Waals surface area contributed by atoms with Gasteiger partial charge in [0.15, 0.2) is 0 Å². The Morgan fingerprint density at radius 1 is 1.00 bits per heavy atom. The molecule has 0 fully saturated rings. The van der Waals surface area contributed by atoms with Gasteiger partial charge in [0.1, 0.15) is 5.75 Å². The highest BCUT2D eigenvalue weighted by Gasteiger charge is 2.11. The van der Waals surface area contributed by atoms with Gasteiger partial charge >= 0.3 is 0 Å². The van der Waals surface area contributed by atoms with Crippen LogP contribution in [0.1, 0.15) is 0 Å². The van der Waals surface area contributed by atoms with Gasteiger partial charge in [-0.2, -0.15) is 0 Å². The molecule has 22 heavy (non-hydrogen) atoms. The molecule has 0 spiro atoms. The number of H-pyrrole nitrogens is 1. The zero-order chi connectivity index (χ0) is 15.1. The molecule has 0 saturated carbocycles. The Bertz CT molecular complexity index is 971. The maximum Gasteiger partial charge on any atom is 0.121 e. The molecule has 2 aromatic carbocycles. The lowest BCUT2D eigenvalue weighted by Crippen LogP contribution is -1.91. The van der Waals surface area contributed by atoms with Gasteiger partial charge in [0, 0.05) is 34.3 Å². The third kappa shape index (κ3) is 1.89. The number of hydrogen-bond acceptors (Lipinski definition) is 3. The number of benzene rings is 2. The quantitative estimate of drug-likeness (QED) is 0.549. The first-order valence-electron chi connectivity index (χ1n) is 7.07. The summed E-state index contributed by atoms with van der Waals surface area (Å²) in [6.45, 7) is 0. The van der Waals surface area contributed by atoms with Gasteiger partial charge < -0.3 is 15.5 Å². The number of rotatable bonds is 2. The number of nitrogens with two attached hydrogens (primary N) is 1. The number of hydrogen-bond donors (Lipinski definition) is 2. The van der Waals surface area contributed by atoms with Crippen molar-refractivity contribution in [3.63, 3.8) is 0 Å². The lowest BCUT2D eigenvalue weighted by Gasteiger charge is -2.08. The molecule has 2 heterocycles. The molecule has 0 aliphatic rings. The summed E-state index contributed by atoms with van der Waals surface area (Å²) in [7, 11) is 1.66. The molecule has 4 heteroatoms. The minimum Gasteiger partial charge on any atom is -0.497 e. The Hall–Kier alpha value is -3.01. The van der Waals surface area contributed by atoms with Crippen LogP contribution in [-0.2, 0) is 0 Å². The fourth-order valence-corrected chi connectivity index (χ4v) is 2.77. The summed E-state index contributed by atoms with van der Waals surface area (Å²) in [6.07, 6.45) is 1.94. The number of pyridine rings is 1. The largest absolute Gasteiger partial charge is 0.497 e. The molecule has 4 rings (SSSR count). The van der Waals surface area contributed by atoms with E-state index in [-0.39, 0.29) is 0 Å². The van der Waals surface area contributed by atoms with Crippen LogP contribution < -0.4 is 10.5 Å². The highest BCUT2D eigenvalue weighted by atomic mass is 16.5. The molecule has 0 aliphatic carbocycles. The molecule has 3 N–H and O–H groups in total. The second-order valence-electron chi connectivity index (χ2n) is 5.23. The number of aromatic nitrogens is 2. The Labute approximate surface area is 127 Å². The van der Waals surface area contributed by atoms with Crippen LogP contribution in [0.15, 0.2) is 54.7 Å². The van der Waals surface area contributed by atoms with Crippen LogP contribution in [0.2, 0.25) is 0 Å². The lowest BCUT2D eigenvalue weighted by molar-refractivity contribution is 0.415. The van der Waals surface area contributed by atoms with Crippen molar-refractivity contribution in [3.05, 3.63) is 54.7 Å². The number of nitrogens with one attached hydrogen (secondary N) is 1. The molecule has 0 atom stereocenters. The highest BCUT2D eigenvalue weighted by molar-refractivity contribution is 6.09. The number of ether oxygens (including phenoxy) is 1. The van der Waals surface area contributed by atoms with E-state index in [1.54, 1.807) is 7.11 Å². The first-order valence-corrected chi connectivity index (χ1v) is 7.07. The molecular weight excluding hydrogens is 274 g/mol. The van der Waals surface area contributed by atoms with Crippen molar-refractivity contribution < 1.29 is 4.74 Å². The van der Waals surface area contributed by atoms with E-state index in [0.717, 1.165) is 44.5 Å². The van der Waals surface area contributed by atoms with Gasteiger partial charge in [-0.3, -0.25) is 0 Å². The summed E-state index contributed by atoms with van der Waals surface area (Å²) in [5.41, 5.74) is 10.4. The molecule has 2 aromatic heterocycles. The summed E-state index contributed by atoms with van der Waals surface area (Å²) >= 11 is 0. The number of methoxy groups -OCH3 is 1. The van der Waals surface area contributed by atoms with Crippen LogP contribution in [0.5, 0.6) is 5.75 Å². The zero-order valence-corrected chi connectivity index (χ0v) is 12.1. The fraction of sp³-hybridized carbons (Fsp3) is 0.0556. The predicted molar refractivity (Wildman–Crippen MR) is 90.0 cm³/mol. The first-order chi connectivity index (χ1) is 10.8. The average molecular weight is 289 g/mol. The van der Waals surface area contributed by atoms with E-state index in [1.807, 2.05) is 48.7 Å². The summed E-state index contributed by atoms with van der Waals surface area (Å²) in [4.78, 5) is 8.13. The Morgan fingerprint density at radius 3 is 2.59 bits per heavy atom. The molecule has 0 aliphatic heterocycles. The van der Waals surface area contributed by atoms with E-state index in [2.05, 4.69) is 11.1 Å². The second kappa shape index (κ2) is 4.77. The monoisotopic (exact) mass is 289 g/mol. The van der Waals surface area contributed by atoms with Crippen molar-refractivity contribution >= 4 is 27.5 Å². The SMILES string of the molecule is COc1ccc2c(c1)nc(-c1ccc(N)cc1)c1[nH]ccc12. The van der Waals surface area contributed by atoms with Crippen LogP contribution in [0.25, 0.3) is 33.1 Å². The lowest BCUT2D eigenvalue weighted by atomic mass is 10.0. The third-order valence-corrected chi connectivity index (χ3v) is 3.90. The van der Waals surface area contributed by atoms with Crippen molar-refractivity contribution in [2.24, 2.45) is 0 Å². The van der Waals surface area contributed by atoms with Gasteiger partial charge in [-0.05, 0) is 30.3 Å². The second-order valence-corrected chi connectivity index (χ2v) is 5.23. The predicted octanol–water partition coefficient (Wildman–Crippen LogP) is 3.97. The average Bonchev–Trinajstić information content (AvgIpc) is 3.04. The van der Waals surface area contributed by atoms with Crippen molar-refractivity contribution in [2.75, 3.05) is 12.8 Å². The van der Waals surface area contributed by atoms with E-state index in [4.69, 9.17) is 15.5 Å². The summed E-state index contributed by atoms with van der Waals surface area (Å²) < 4.78 is 5.31. The van der Waals surface area contributed by atoms with Gasteiger partial charge in [0.25, 0.3) is 0 Å². The fourth-order valence-electron chi connectivity index (χ4n) is 2.77. The van der Waals surface area contributed by atoms with Crippen molar-refractivity contribution in [3.8, 4) is 17.0 Å². The van der Waals surface area contributed by atoms with E-state index in [0.29, 0.717) is 0 Å². The highest BCUT2D eigenvalue weighted by Crippen LogP contribution is 2.33. The molecule has 0 bridgehead atoms. The molecule has 0 radical (unpaired) electrons. The molecule has 108 valence electrons. The molecular formula is C18H15N3O. The molecule has 4 aromatic rings. The smallest absolute Gasteiger partial charge is 0.121 e.